The molecule has 1 aromatic carbocycles. The summed E-state index contributed by atoms with van der Waals surface area (Å²) in [6.07, 6.45) is 6.08. The van der Waals surface area contributed by atoms with Gasteiger partial charge in [0.2, 0.25) is 5.91 Å². The smallest absolute Gasteiger partial charge is 0.348 e. The number of aromatic carboxylic acids is 1. The van der Waals surface area contributed by atoms with E-state index in [1.54, 1.807) is 17.0 Å². The number of amides is 1. The van der Waals surface area contributed by atoms with Crippen molar-refractivity contribution in [3.05, 3.63) is 40.2 Å². The van der Waals surface area contributed by atoms with Gasteiger partial charge >= 0.3 is 5.97 Å². The molecule has 2 aliphatic rings. The highest BCUT2D eigenvalue weighted by Gasteiger charge is 2.37. The van der Waals surface area contributed by atoms with Gasteiger partial charge in [-0.25, -0.2) is 4.79 Å². The van der Waals surface area contributed by atoms with Crippen LogP contribution in [0, 0.1) is 11.8 Å². The molecule has 2 saturated carbocycles. The first kappa shape index (κ1) is 24.9. The number of carbonyl (C=O) groups is 2. The molecule has 1 aromatic heterocycles. The van der Waals surface area contributed by atoms with Gasteiger partial charge in [-0.05, 0) is 81.0 Å². The summed E-state index contributed by atoms with van der Waals surface area (Å²) in [5.41, 5.74) is 1.38. The standard InChI is InChI=1S/C25H29ClINO4S/c26-18-7-5-16(6-8-18)22-13-21(23(33-22)25(31)32)28(19-9-11-20(29)12-10-19)24(30)17-3-1-15(14-27)2-4-17/h5-8,13,15,17,19-20,29H,1-4,9-12,14H2,(H,31,32). The van der Waals surface area contributed by atoms with E-state index in [-0.39, 0.29) is 28.8 Å². The van der Waals surface area contributed by atoms with Gasteiger partial charge in [-0.1, -0.05) is 46.3 Å². The van der Waals surface area contributed by atoms with E-state index >= 15 is 0 Å². The minimum absolute atomic E-state index is 0.0475. The Hall–Kier alpha value is -1.16. The zero-order valence-electron chi connectivity index (χ0n) is 18.4. The molecule has 2 fully saturated rings. The average Bonchev–Trinajstić information content (AvgIpc) is 3.26. The highest BCUT2D eigenvalue weighted by Crippen LogP contribution is 2.42. The van der Waals surface area contributed by atoms with Crippen LogP contribution in [0.1, 0.15) is 61.0 Å². The van der Waals surface area contributed by atoms with Gasteiger partial charge in [-0.3, -0.25) is 4.79 Å². The van der Waals surface area contributed by atoms with E-state index in [0.717, 1.165) is 40.6 Å². The van der Waals surface area contributed by atoms with Crippen molar-refractivity contribution >= 4 is 63.1 Å². The normalized spacial score (nSPS) is 25.5. The lowest BCUT2D eigenvalue weighted by Crippen LogP contribution is -2.47. The van der Waals surface area contributed by atoms with Crippen LogP contribution < -0.4 is 4.90 Å². The summed E-state index contributed by atoms with van der Waals surface area (Å²) in [5, 5.41) is 20.7. The number of benzene rings is 1. The maximum atomic E-state index is 13.9. The number of thiophene rings is 1. The summed E-state index contributed by atoms with van der Waals surface area (Å²) in [6.45, 7) is 0. The SMILES string of the molecule is O=C(O)c1sc(-c2ccc(Cl)cc2)cc1N(C(=O)C1CCC(CI)CC1)C1CCC(O)CC1. The number of carbonyl (C=O) groups excluding carboxylic acids is 1. The van der Waals surface area contributed by atoms with Crippen molar-refractivity contribution in [3.63, 3.8) is 0 Å². The molecule has 0 spiro atoms. The number of carboxylic acid groups (broad SMARTS) is 1. The predicted molar refractivity (Wildman–Crippen MR) is 142 cm³/mol. The summed E-state index contributed by atoms with van der Waals surface area (Å²) < 4.78 is 1.11. The molecule has 1 amide bonds. The maximum absolute atomic E-state index is 13.9. The molecule has 178 valence electrons. The summed E-state index contributed by atoms with van der Waals surface area (Å²) in [6, 6.07) is 9.09. The number of nitrogens with zero attached hydrogens (tertiary/aromatic N) is 1. The fourth-order valence-electron chi connectivity index (χ4n) is 5.04. The molecular weight excluding hydrogens is 573 g/mol. The van der Waals surface area contributed by atoms with Crippen molar-refractivity contribution in [1.82, 2.24) is 0 Å². The van der Waals surface area contributed by atoms with Crippen LogP contribution in [0.5, 0.6) is 0 Å². The molecule has 0 unspecified atom stereocenters. The van der Waals surface area contributed by atoms with Gasteiger partial charge in [0.05, 0.1) is 11.8 Å². The minimum Gasteiger partial charge on any atom is -0.477 e. The van der Waals surface area contributed by atoms with Crippen molar-refractivity contribution in [2.75, 3.05) is 9.33 Å². The largest absolute Gasteiger partial charge is 0.477 e. The molecule has 33 heavy (non-hydrogen) atoms. The van der Waals surface area contributed by atoms with Crippen LogP contribution in [-0.4, -0.2) is 38.7 Å². The third-order valence-electron chi connectivity index (χ3n) is 6.98. The first-order chi connectivity index (χ1) is 15.9. The molecular formula is C25H29ClINO4S. The van der Waals surface area contributed by atoms with Gasteiger partial charge in [0.25, 0.3) is 0 Å². The predicted octanol–water partition coefficient (Wildman–Crippen LogP) is 6.64. The molecule has 0 bridgehead atoms. The average molecular weight is 602 g/mol. The molecule has 1 heterocycles. The number of hydrogen-bond donors (Lipinski definition) is 2. The van der Waals surface area contributed by atoms with E-state index in [9.17, 15) is 19.8 Å². The summed E-state index contributed by atoms with van der Waals surface area (Å²) in [7, 11) is 0. The van der Waals surface area contributed by atoms with E-state index in [1.807, 2.05) is 18.2 Å². The molecule has 0 atom stereocenters. The Morgan fingerprint density at radius 1 is 1.03 bits per heavy atom. The highest BCUT2D eigenvalue weighted by atomic mass is 127. The van der Waals surface area contributed by atoms with E-state index in [0.29, 0.717) is 42.3 Å². The topological polar surface area (TPSA) is 77.8 Å². The van der Waals surface area contributed by atoms with Gasteiger partial charge in [0, 0.05) is 26.3 Å². The fraction of sp³-hybridized carbons (Fsp3) is 0.520. The van der Waals surface area contributed by atoms with Crippen LogP contribution in [0.3, 0.4) is 0 Å². The monoisotopic (exact) mass is 601 g/mol. The van der Waals surface area contributed by atoms with E-state index in [2.05, 4.69) is 22.6 Å². The number of anilines is 1. The van der Waals surface area contributed by atoms with Gasteiger partial charge in [-0.15, -0.1) is 11.3 Å². The van der Waals surface area contributed by atoms with Crippen molar-refractivity contribution in [2.45, 2.75) is 63.5 Å². The molecule has 0 radical (unpaired) electrons. The molecule has 0 aliphatic heterocycles. The lowest BCUT2D eigenvalue weighted by Gasteiger charge is -2.39. The van der Waals surface area contributed by atoms with E-state index < -0.39 is 5.97 Å². The van der Waals surface area contributed by atoms with Gasteiger partial charge in [-0.2, -0.15) is 0 Å². The Labute approximate surface area is 217 Å². The quantitative estimate of drug-likeness (QED) is 0.287. The Balaban J connectivity index is 1.71. The van der Waals surface area contributed by atoms with Crippen LogP contribution in [0.4, 0.5) is 5.69 Å². The molecule has 2 aromatic rings. The van der Waals surface area contributed by atoms with Crippen LogP contribution in [0.2, 0.25) is 5.02 Å². The lowest BCUT2D eigenvalue weighted by atomic mass is 9.81. The van der Waals surface area contributed by atoms with Gasteiger partial charge in [0.15, 0.2) is 0 Å². The van der Waals surface area contributed by atoms with Crippen LogP contribution in [-0.2, 0) is 4.79 Å². The van der Waals surface area contributed by atoms with Crippen molar-refractivity contribution in [3.8, 4) is 10.4 Å². The molecule has 8 heteroatoms. The summed E-state index contributed by atoms with van der Waals surface area (Å²) >= 11 is 9.66. The van der Waals surface area contributed by atoms with E-state index in [4.69, 9.17) is 11.6 Å². The Bertz CT molecular complexity index is 979. The second-order valence-electron chi connectivity index (χ2n) is 9.18. The lowest BCUT2D eigenvalue weighted by molar-refractivity contribution is -0.124. The molecule has 2 aliphatic carbocycles. The van der Waals surface area contributed by atoms with Crippen LogP contribution in [0.25, 0.3) is 10.4 Å². The van der Waals surface area contributed by atoms with Crippen LogP contribution in [0.15, 0.2) is 30.3 Å². The number of carboxylic acids is 1. The number of halogens is 2. The molecule has 2 N–H and O–H groups in total. The third kappa shape index (κ3) is 5.74. The zero-order valence-corrected chi connectivity index (χ0v) is 22.1. The van der Waals surface area contributed by atoms with E-state index in [1.165, 1.54) is 11.3 Å². The molecule has 5 nitrogen and oxygen atoms in total. The Morgan fingerprint density at radius 2 is 1.67 bits per heavy atom. The summed E-state index contributed by atoms with van der Waals surface area (Å²) in [5.74, 6) is -0.375. The number of hydrogen-bond acceptors (Lipinski definition) is 4. The first-order valence-corrected chi connectivity index (χ1v) is 14.3. The maximum Gasteiger partial charge on any atom is 0.348 e. The Morgan fingerprint density at radius 3 is 2.24 bits per heavy atom. The van der Waals surface area contributed by atoms with Gasteiger partial charge < -0.3 is 15.1 Å². The second-order valence-corrected chi connectivity index (χ2v) is 11.5. The molecule has 4 rings (SSSR count). The molecule has 0 saturated heterocycles. The minimum atomic E-state index is -1.02. The second kappa shape index (κ2) is 11.1. The fourth-order valence-corrected chi connectivity index (χ4v) is 7.04. The van der Waals surface area contributed by atoms with Gasteiger partial charge in [0.1, 0.15) is 4.88 Å². The number of aliphatic hydroxyl groups is 1. The highest BCUT2D eigenvalue weighted by molar-refractivity contribution is 14.1. The van der Waals surface area contributed by atoms with Crippen molar-refractivity contribution < 1.29 is 19.8 Å². The van der Waals surface area contributed by atoms with Crippen molar-refractivity contribution in [1.29, 1.82) is 0 Å². The third-order valence-corrected chi connectivity index (χ3v) is 9.64. The Kier molecular flexibility index (Phi) is 8.36. The number of alkyl halides is 1. The zero-order chi connectivity index (χ0) is 23.5. The number of aliphatic hydroxyl groups excluding tert-OH is 1. The van der Waals surface area contributed by atoms with Crippen LogP contribution >= 0.6 is 45.5 Å². The first-order valence-electron chi connectivity index (χ1n) is 11.6. The van der Waals surface area contributed by atoms with Crippen molar-refractivity contribution in [2.24, 2.45) is 11.8 Å². The summed E-state index contributed by atoms with van der Waals surface area (Å²) in [4.78, 5) is 28.9. The number of rotatable bonds is 6.